The van der Waals surface area contributed by atoms with Crippen molar-refractivity contribution in [2.24, 2.45) is 0 Å². The molecule has 2 N–H and O–H groups in total. The van der Waals surface area contributed by atoms with Gasteiger partial charge in [0.1, 0.15) is 5.82 Å². The minimum absolute atomic E-state index is 0.0931. The highest BCUT2D eigenvalue weighted by Crippen LogP contribution is 2.16. The van der Waals surface area contributed by atoms with E-state index in [1.165, 1.54) is 4.68 Å². The van der Waals surface area contributed by atoms with E-state index >= 15 is 0 Å². The molecule has 1 unspecified atom stereocenters. The van der Waals surface area contributed by atoms with Gasteiger partial charge in [-0.2, -0.15) is 5.10 Å². The topological polar surface area (TPSA) is 62.7 Å². The van der Waals surface area contributed by atoms with E-state index in [1.54, 1.807) is 0 Å². The largest absolute Gasteiger partial charge is 0.343 e. The zero-order valence-corrected chi connectivity index (χ0v) is 7.71. The summed E-state index contributed by atoms with van der Waals surface area (Å²) in [4.78, 5) is 14.0. The van der Waals surface area contributed by atoms with Crippen molar-refractivity contribution in [3.63, 3.8) is 0 Å². The van der Waals surface area contributed by atoms with Crippen LogP contribution in [-0.4, -0.2) is 27.9 Å². The molecule has 72 valence electrons. The van der Waals surface area contributed by atoms with Crippen LogP contribution in [0.2, 0.25) is 0 Å². The molecule has 0 radical (unpaired) electrons. The highest BCUT2D eigenvalue weighted by atomic mass is 16.1. The van der Waals surface area contributed by atoms with Crippen molar-refractivity contribution in [1.82, 2.24) is 20.1 Å². The molecule has 0 aliphatic carbocycles. The molecule has 1 saturated heterocycles. The first-order chi connectivity index (χ1) is 6.31. The summed E-state index contributed by atoms with van der Waals surface area (Å²) in [7, 11) is 0. The van der Waals surface area contributed by atoms with Crippen molar-refractivity contribution < 1.29 is 0 Å². The van der Waals surface area contributed by atoms with E-state index in [-0.39, 0.29) is 5.69 Å². The van der Waals surface area contributed by atoms with E-state index in [9.17, 15) is 4.79 Å². The molecule has 0 saturated carbocycles. The number of aryl methyl sites for hydroxylation is 1. The molecule has 1 aromatic heterocycles. The van der Waals surface area contributed by atoms with Crippen LogP contribution in [0.3, 0.4) is 0 Å². The van der Waals surface area contributed by atoms with Gasteiger partial charge in [-0.15, -0.1) is 0 Å². The lowest BCUT2D eigenvalue weighted by Crippen LogP contribution is -2.16. The number of aromatic nitrogens is 3. The Kier molecular flexibility index (Phi) is 2.18. The smallest absolute Gasteiger partial charge is 0.316 e. The Balaban J connectivity index is 2.25. The molecule has 1 aliphatic heterocycles. The fourth-order valence-electron chi connectivity index (χ4n) is 1.66. The number of rotatable bonds is 2. The summed E-state index contributed by atoms with van der Waals surface area (Å²) in [6.07, 6.45) is 1.07. The molecule has 5 nitrogen and oxygen atoms in total. The van der Waals surface area contributed by atoms with E-state index in [2.05, 4.69) is 15.4 Å². The average Bonchev–Trinajstić information content (AvgIpc) is 2.71. The van der Waals surface area contributed by atoms with Gasteiger partial charge in [0.2, 0.25) is 0 Å². The number of nitrogens with zero attached hydrogens (tertiary/aromatic N) is 2. The van der Waals surface area contributed by atoms with Crippen molar-refractivity contribution in [1.29, 1.82) is 0 Å². The normalized spacial score (nSPS) is 22.4. The predicted octanol–water partition coefficient (Wildman–Crippen LogP) is -0.332. The maximum absolute atomic E-state index is 11.3. The van der Waals surface area contributed by atoms with Crippen LogP contribution in [-0.2, 0) is 6.54 Å². The Hall–Kier alpha value is -1.10. The van der Waals surface area contributed by atoms with Crippen LogP contribution < -0.4 is 11.0 Å². The molecule has 2 rings (SSSR count). The molecule has 5 heteroatoms. The van der Waals surface area contributed by atoms with Crippen molar-refractivity contribution >= 4 is 0 Å². The van der Waals surface area contributed by atoms with Crippen LogP contribution >= 0.6 is 0 Å². The summed E-state index contributed by atoms with van der Waals surface area (Å²) in [5.74, 6) is 1.22. The molecule has 0 aromatic carbocycles. The average molecular weight is 182 g/mol. The Morgan fingerprint density at radius 1 is 1.69 bits per heavy atom. The van der Waals surface area contributed by atoms with Crippen LogP contribution in [0.1, 0.15) is 25.1 Å². The molecular formula is C8H14N4O. The second kappa shape index (κ2) is 3.33. The zero-order valence-electron chi connectivity index (χ0n) is 7.71. The first-order valence-corrected chi connectivity index (χ1v) is 4.69. The molecule has 0 spiro atoms. The van der Waals surface area contributed by atoms with Gasteiger partial charge in [0.25, 0.3) is 0 Å². The van der Waals surface area contributed by atoms with Crippen LogP contribution in [0.5, 0.6) is 0 Å². The van der Waals surface area contributed by atoms with Crippen molar-refractivity contribution in [2.75, 3.05) is 13.1 Å². The SMILES string of the molecule is CCn1nc(C2CCNC2)[nH]c1=O. The van der Waals surface area contributed by atoms with Gasteiger partial charge < -0.3 is 5.32 Å². The van der Waals surface area contributed by atoms with Crippen molar-refractivity contribution in [3.05, 3.63) is 16.3 Å². The van der Waals surface area contributed by atoms with Crippen molar-refractivity contribution in [3.8, 4) is 0 Å². The summed E-state index contributed by atoms with van der Waals surface area (Å²) < 4.78 is 1.47. The van der Waals surface area contributed by atoms with Gasteiger partial charge in [-0.05, 0) is 19.9 Å². The van der Waals surface area contributed by atoms with Gasteiger partial charge >= 0.3 is 5.69 Å². The first-order valence-electron chi connectivity index (χ1n) is 4.69. The molecular weight excluding hydrogens is 168 g/mol. The summed E-state index contributed by atoms with van der Waals surface area (Å²) in [5.41, 5.74) is -0.0931. The fraction of sp³-hybridized carbons (Fsp3) is 0.750. The Morgan fingerprint density at radius 2 is 2.54 bits per heavy atom. The molecule has 1 fully saturated rings. The van der Waals surface area contributed by atoms with Crippen LogP contribution in [0.25, 0.3) is 0 Å². The van der Waals surface area contributed by atoms with Crippen molar-refractivity contribution in [2.45, 2.75) is 25.8 Å². The van der Waals surface area contributed by atoms with Gasteiger partial charge in [-0.3, -0.25) is 4.98 Å². The molecule has 1 aromatic rings. The van der Waals surface area contributed by atoms with Crippen LogP contribution in [0, 0.1) is 0 Å². The summed E-state index contributed by atoms with van der Waals surface area (Å²) in [6.45, 7) is 4.50. The van der Waals surface area contributed by atoms with Gasteiger partial charge in [0.05, 0.1) is 0 Å². The molecule has 1 atom stereocenters. The third-order valence-electron chi connectivity index (χ3n) is 2.44. The number of hydrogen-bond donors (Lipinski definition) is 2. The fourth-order valence-corrected chi connectivity index (χ4v) is 1.66. The van der Waals surface area contributed by atoms with Gasteiger partial charge in [0, 0.05) is 19.0 Å². The highest BCUT2D eigenvalue weighted by molar-refractivity contribution is 4.98. The summed E-state index contributed by atoms with van der Waals surface area (Å²) >= 11 is 0. The number of H-pyrrole nitrogens is 1. The summed E-state index contributed by atoms with van der Waals surface area (Å²) in [6, 6.07) is 0. The lowest BCUT2D eigenvalue weighted by Gasteiger charge is -2.00. The van der Waals surface area contributed by atoms with E-state index < -0.39 is 0 Å². The Morgan fingerprint density at radius 3 is 3.08 bits per heavy atom. The minimum Gasteiger partial charge on any atom is -0.316 e. The van der Waals surface area contributed by atoms with Gasteiger partial charge in [-0.1, -0.05) is 0 Å². The lowest BCUT2D eigenvalue weighted by atomic mass is 10.1. The highest BCUT2D eigenvalue weighted by Gasteiger charge is 2.20. The molecule has 0 amide bonds. The molecule has 2 heterocycles. The standard InChI is InChI=1S/C8H14N4O/c1-2-12-8(13)10-7(11-12)6-3-4-9-5-6/h6,9H,2-5H2,1H3,(H,10,11,13). The maximum atomic E-state index is 11.3. The Bertz CT molecular complexity index is 334. The number of nitrogens with one attached hydrogen (secondary N) is 2. The van der Waals surface area contributed by atoms with Gasteiger partial charge in [-0.25, -0.2) is 9.48 Å². The Labute approximate surface area is 76.2 Å². The van der Waals surface area contributed by atoms with Crippen LogP contribution in [0.4, 0.5) is 0 Å². The molecule has 0 bridgehead atoms. The monoisotopic (exact) mass is 182 g/mol. The zero-order chi connectivity index (χ0) is 9.26. The number of aromatic amines is 1. The predicted molar refractivity (Wildman–Crippen MR) is 48.7 cm³/mol. The second-order valence-electron chi connectivity index (χ2n) is 3.32. The maximum Gasteiger partial charge on any atom is 0.343 e. The lowest BCUT2D eigenvalue weighted by molar-refractivity contribution is 0.610. The minimum atomic E-state index is -0.0931. The van der Waals surface area contributed by atoms with E-state index in [4.69, 9.17) is 0 Å². The molecule has 13 heavy (non-hydrogen) atoms. The third-order valence-corrected chi connectivity index (χ3v) is 2.44. The first kappa shape index (κ1) is 8.50. The summed E-state index contributed by atoms with van der Waals surface area (Å²) in [5, 5.41) is 7.47. The quantitative estimate of drug-likeness (QED) is 0.658. The van der Waals surface area contributed by atoms with E-state index in [0.717, 1.165) is 25.3 Å². The third kappa shape index (κ3) is 1.51. The van der Waals surface area contributed by atoms with E-state index in [1.807, 2.05) is 6.92 Å². The second-order valence-corrected chi connectivity index (χ2v) is 3.32. The molecule has 1 aliphatic rings. The van der Waals surface area contributed by atoms with Crippen LogP contribution in [0.15, 0.2) is 4.79 Å². The number of hydrogen-bond acceptors (Lipinski definition) is 3. The van der Waals surface area contributed by atoms with E-state index in [0.29, 0.717) is 12.5 Å². The van der Waals surface area contributed by atoms with Gasteiger partial charge in [0.15, 0.2) is 0 Å².